The van der Waals surface area contributed by atoms with Crippen LogP contribution in [-0.2, 0) is 6.42 Å². The zero-order valence-electron chi connectivity index (χ0n) is 14.3. The monoisotopic (exact) mass is 324 g/mol. The van der Waals surface area contributed by atoms with Crippen LogP contribution in [0.15, 0.2) is 42.5 Å². The number of hydrogen-bond donors (Lipinski definition) is 1. The van der Waals surface area contributed by atoms with E-state index in [1.807, 2.05) is 35.2 Å². The molecule has 0 saturated carbocycles. The van der Waals surface area contributed by atoms with Crippen molar-refractivity contribution in [2.24, 2.45) is 0 Å². The molecule has 2 aromatic rings. The quantitative estimate of drug-likeness (QED) is 0.868. The SMILES string of the molecule is Cc1cc(C)cc(OCCNC(=O)N2CCCc3ccccc32)c1. The van der Waals surface area contributed by atoms with E-state index in [1.165, 1.54) is 16.7 Å². The van der Waals surface area contributed by atoms with E-state index in [0.717, 1.165) is 30.8 Å². The predicted octanol–water partition coefficient (Wildman–Crippen LogP) is 3.84. The van der Waals surface area contributed by atoms with Crippen molar-refractivity contribution in [3.8, 4) is 5.75 Å². The molecule has 0 saturated heterocycles. The van der Waals surface area contributed by atoms with Crippen molar-refractivity contribution >= 4 is 11.7 Å². The zero-order chi connectivity index (χ0) is 16.9. The van der Waals surface area contributed by atoms with Crippen molar-refractivity contribution in [2.45, 2.75) is 26.7 Å². The van der Waals surface area contributed by atoms with Gasteiger partial charge in [-0.3, -0.25) is 4.90 Å². The number of benzene rings is 2. The molecule has 0 unspecified atom stereocenters. The van der Waals surface area contributed by atoms with Gasteiger partial charge in [-0.05, 0) is 61.6 Å². The van der Waals surface area contributed by atoms with Gasteiger partial charge in [0.05, 0.1) is 6.54 Å². The second-order valence-corrected chi connectivity index (χ2v) is 6.29. The summed E-state index contributed by atoms with van der Waals surface area (Å²) < 4.78 is 5.74. The molecule has 0 bridgehead atoms. The molecule has 2 aromatic carbocycles. The van der Waals surface area contributed by atoms with Crippen LogP contribution < -0.4 is 15.0 Å². The molecule has 24 heavy (non-hydrogen) atoms. The Morgan fingerprint density at radius 3 is 2.71 bits per heavy atom. The minimum atomic E-state index is -0.0498. The van der Waals surface area contributed by atoms with Crippen molar-refractivity contribution in [1.29, 1.82) is 0 Å². The van der Waals surface area contributed by atoms with Crippen molar-refractivity contribution in [3.63, 3.8) is 0 Å². The van der Waals surface area contributed by atoms with Gasteiger partial charge in [-0.25, -0.2) is 4.79 Å². The van der Waals surface area contributed by atoms with Crippen LogP contribution in [0.2, 0.25) is 0 Å². The van der Waals surface area contributed by atoms with Gasteiger partial charge >= 0.3 is 6.03 Å². The highest BCUT2D eigenvalue weighted by Gasteiger charge is 2.21. The lowest BCUT2D eigenvalue weighted by Crippen LogP contribution is -2.44. The Kier molecular flexibility index (Phi) is 5.04. The van der Waals surface area contributed by atoms with Crippen LogP contribution in [-0.4, -0.2) is 25.7 Å². The summed E-state index contributed by atoms with van der Waals surface area (Å²) in [6, 6.07) is 14.2. The minimum Gasteiger partial charge on any atom is -0.492 e. The molecule has 0 aromatic heterocycles. The van der Waals surface area contributed by atoms with E-state index in [4.69, 9.17) is 4.74 Å². The Balaban J connectivity index is 1.51. The van der Waals surface area contributed by atoms with Gasteiger partial charge in [0.25, 0.3) is 0 Å². The third-order valence-corrected chi connectivity index (χ3v) is 4.20. The predicted molar refractivity (Wildman–Crippen MR) is 96.9 cm³/mol. The van der Waals surface area contributed by atoms with Gasteiger partial charge in [0.15, 0.2) is 0 Å². The van der Waals surface area contributed by atoms with Crippen LogP contribution in [0.5, 0.6) is 5.75 Å². The average molecular weight is 324 g/mol. The Morgan fingerprint density at radius 1 is 1.17 bits per heavy atom. The Hall–Kier alpha value is -2.49. The molecule has 0 fully saturated rings. The number of carbonyl (C=O) groups excluding carboxylic acids is 1. The number of para-hydroxylation sites is 1. The number of hydrogen-bond acceptors (Lipinski definition) is 2. The van der Waals surface area contributed by atoms with E-state index in [2.05, 4.69) is 31.3 Å². The molecule has 1 heterocycles. The standard InChI is InChI=1S/C20H24N2O2/c1-15-12-16(2)14-18(13-15)24-11-9-21-20(23)22-10-5-7-17-6-3-4-8-19(17)22/h3-4,6,8,12-14H,5,7,9-11H2,1-2H3,(H,21,23). The number of fused-ring (bicyclic) bond motifs is 1. The van der Waals surface area contributed by atoms with Gasteiger partial charge in [-0.2, -0.15) is 0 Å². The number of ether oxygens (including phenoxy) is 1. The smallest absolute Gasteiger partial charge is 0.321 e. The van der Waals surface area contributed by atoms with E-state index in [-0.39, 0.29) is 6.03 Å². The second kappa shape index (κ2) is 7.39. The molecule has 126 valence electrons. The summed E-state index contributed by atoms with van der Waals surface area (Å²) in [4.78, 5) is 14.3. The summed E-state index contributed by atoms with van der Waals surface area (Å²) in [6.45, 7) is 5.82. The first-order valence-corrected chi connectivity index (χ1v) is 8.48. The molecule has 4 nitrogen and oxygen atoms in total. The summed E-state index contributed by atoms with van der Waals surface area (Å²) in [7, 11) is 0. The maximum Gasteiger partial charge on any atom is 0.321 e. The maximum atomic E-state index is 12.4. The highest BCUT2D eigenvalue weighted by molar-refractivity contribution is 5.93. The van der Waals surface area contributed by atoms with Crippen LogP contribution >= 0.6 is 0 Å². The molecule has 0 spiro atoms. The summed E-state index contributed by atoms with van der Waals surface area (Å²) in [5, 5.41) is 2.95. The van der Waals surface area contributed by atoms with Crippen LogP contribution in [0, 0.1) is 13.8 Å². The highest BCUT2D eigenvalue weighted by Crippen LogP contribution is 2.26. The number of nitrogens with zero attached hydrogens (tertiary/aromatic N) is 1. The first-order valence-electron chi connectivity index (χ1n) is 8.48. The summed E-state index contributed by atoms with van der Waals surface area (Å²) in [5.41, 5.74) is 4.62. The number of amides is 2. The van der Waals surface area contributed by atoms with E-state index in [0.29, 0.717) is 13.2 Å². The fourth-order valence-corrected chi connectivity index (χ4v) is 3.18. The van der Waals surface area contributed by atoms with Gasteiger partial charge in [0.2, 0.25) is 0 Å². The number of nitrogens with one attached hydrogen (secondary N) is 1. The topological polar surface area (TPSA) is 41.6 Å². The number of rotatable bonds is 4. The minimum absolute atomic E-state index is 0.0498. The van der Waals surface area contributed by atoms with E-state index >= 15 is 0 Å². The first-order chi connectivity index (χ1) is 11.6. The molecule has 1 N–H and O–H groups in total. The van der Waals surface area contributed by atoms with Crippen molar-refractivity contribution in [2.75, 3.05) is 24.6 Å². The molecule has 1 aliphatic heterocycles. The molecule has 3 rings (SSSR count). The second-order valence-electron chi connectivity index (χ2n) is 6.29. The van der Waals surface area contributed by atoms with Gasteiger partial charge < -0.3 is 10.1 Å². The molecule has 1 aliphatic rings. The third kappa shape index (κ3) is 3.88. The number of anilines is 1. The Bertz CT molecular complexity index is 707. The van der Waals surface area contributed by atoms with Gasteiger partial charge in [-0.15, -0.1) is 0 Å². The van der Waals surface area contributed by atoms with Crippen LogP contribution in [0.3, 0.4) is 0 Å². The lowest BCUT2D eigenvalue weighted by molar-refractivity contribution is 0.241. The Morgan fingerprint density at radius 2 is 1.92 bits per heavy atom. The first kappa shape index (κ1) is 16.4. The maximum absolute atomic E-state index is 12.4. The summed E-state index contributed by atoms with van der Waals surface area (Å²) in [5.74, 6) is 0.852. The van der Waals surface area contributed by atoms with Crippen LogP contribution in [0.4, 0.5) is 10.5 Å². The van der Waals surface area contributed by atoms with E-state index in [1.54, 1.807) is 0 Å². The molecular weight excluding hydrogens is 300 g/mol. The lowest BCUT2D eigenvalue weighted by Gasteiger charge is -2.29. The molecular formula is C20H24N2O2. The third-order valence-electron chi connectivity index (χ3n) is 4.20. The molecule has 0 atom stereocenters. The fourth-order valence-electron chi connectivity index (χ4n) is 3.18. The van der Waals surface area contributed by atoms with E-state index in [9.17, 15) is 4.79 Å². The summed E-state index contributed by atoms with van der Waals surface area (Å²) in [6.07, 6.45) is 2.04. The van der Waals surface area contributed by atoms with Crippen molar-refractivity contribution in [1.82, 2.24) is 5.32 Å². The van der Waals surface area contributed by atoms with Crippen LogP contribution in [0.25, 0.3) is 0 Å². The Labute approximate surface area is 143 Å². The van der Waals surface area contributed by atoms with Gasteiger partial charge in [0, 0.05) is 12.2 Å². The van der Waals surface area contributed by atoms with Gasteiger partial charge in [0.1, 0.15) is 12.4 Å². The van der Waals surface area contributed by atoms with Gasteiger partial charge in [-0.1, -0.05) is 24.3 Å². The summed E-state index contributed by atoms with van der Waals surface area (Å²) >= 11 is 0. The normalized spacial score (nSPS) is 13.3. The van der Waals surface area contributed by atoms with Crippen LogP contribution in [0.1, 0.15) is 23.1 Å². The highest BCUT2D eigenvalue weighted by atomic mass is 16.5. The molecule has 4 heteroatoms. The number of aryl methyl sites for hydroxylation is 3. The van der Waals surface area contributed by atoms with E-state index < -0.39 is 0 Å². The lowest BCUT2D eigenvalue weighted by atomic mass is 10.0. The molecule has 0 radical (unpaired) electrons. The largest absolute Gasteiger partial charge is 0.492 e. The fraction of sp³-hybridized carbons (Fsp3) is 0.350. The molecule has 2 amide bonds. The van der Waals surface area contributed by atoms with Crippen molar-refractivity contribution < 1.29 is 9.53 Å². The average Bonchev–Trinajstić information content (AvgIpc) is 2.57. The number of urea groups is 1. The van der Waals surface area contributed by atoms with Crippen molar-refractivity contribution in [3.05, 3.63) is 59.2 Å². The zero-order valence-corrected chi connectivity index (χ0v) is 14.3. The molecule has 0 aliphatic carbocycles. The number of carbonyl (C=O) groups is 1.